The SMILES string of the molecule is Cc1nc(-c2cccnc2)[nH]c(=O)c1CC(=O)Nc1ccc2oc(C(C)(C)C)nc2c1. The lowest BCUT2D eigenvalue weighted by Gasteiger charge is -2.11. The number of fused-ring (bicyclic) bond motifs is 1. The summed E-state index contributed by atoms with van der Waals surface area (Å²) in [7, 11) is 0. The van der Waals surface area contributed by atoms with E-state index in [4.69, 9.17) is 4.42 Å². The molecule has 0 aliphatic heterocycles. The zero-order valence-corrected chi connectivity index (χ0v) is 17.8. The van der Waals surface area contributed by atoms with Gasteiger partial charge in [-0.2, -0.15) is 0 Å². The number of benzene rings is 1. The van der Waals surface area contributed by atoms with Crippen LogP contribution < -0.4 is 10.9 Å². The van der Waals surface area contributed by atoms with Crippen molar-refractivity contribution in [1.82, 2.24) is 19.9 Å². The summed E-state index contributed by atoms with van der Waals surface area (Å²) in [6.07, 6.45) is 3.17. The van der Waals surface area contributed by atoms with E-state index in [2.05, 4.69) is 25.3 Å². The number of H-pyrrole nitrogens is 1. The van der Waals surface area contributed by atoms with Gasteiger partial charge >= 0.3 is 0 Å². The van der Waals surface area contributed by atoms with Gasteiger partial charge in [0.15, 0.2) is 5.58 Å². The molecule has 1 aromatic carbocycles. The van der Waals surface area contributed by atoms with E-state index >= 15 is 0 Å². The third-order valence-corrected chi connectivity index (χ3v) is 4.81. The summed E-state index contributed by atoms with van der Waals surface area (Å²) in [4.78, 5) is 40.9. The normalized spacial score (nSPS) is 11.6. The topological polar surface area (TPSA) is 114 Å². The number of nitrogens with zero attached hydrogens (tertiary/aromatic N) is 3. The van der Waals surface area contributed by atoms with Crippen molar-refractivity contribution in [3.05, 3.63) is 70.2 Å². The van der Waals surface area contributed by atoms with Crippen LogP contribution in [0.4, 0.5) is 5.69 Å². The van der Waals surface area contributed by atoms with Crippen molar-refractivity contribution in [1.29, 1.82) is 0 Å². The predicted octanol–water partition coefficient (Wildman–Crippen LogP) is 3.76. The molecule has 0 aliphatic carbocycles. The van der Waals surface area contributed by atoms with Crippen LogP contribution in [0.25, 0.3) is 22.5 Å². The molecule has 8 nitrogen and oxygen atoms in total. The lowest BCUT2D eigenvalue weighted by atomic mass is 9.97. The van der Waals surface area contributed by atoms with Crippen molar-refractivity contribution >= 4 is 22.7 Å². The van der Waals surface area contributed by atoms with Crippen molar-refractivity contribution < 1.29 is 9.21 Å². The Bertz CT molecular complexity index is 1320. The number of hydrogen-bond acceptors (Lipinski definition) is 6. The number of hydrogen-bond donors (Lipinski definition) is 2. The molecule has 4 aromatic rings. The molecule has 1 amide bonds. The number of oxazole rings is 1. The van der Waals surface area contributed by atoms with E-state index in [1.54, 1.807) is 43.6 Å². The fourth-order valence-corrected chi connectivity index (χ4v) is 3.15. The van der Waals surface area contributed by atoms with Crippen LogP contribution in [-0.2, 0) is 16.6 Å². The monoisotopic (exact) mass is 417 g/mol. The second-order valence-corrected chi connectivity index (χ2v) is 8.40. The summed E-state index contributed by atoms with van der Waals surface area (Å²) >= 11 is 0. The molecule has 2 N–H and O–H groups in total. The molecule has 4 rings (SSSR count). The third kappa shape index (κ3) is 4.37. The van der Waals surface area contributed by atoms with E-state index in [9.17, 15) is 9.59 Å². The highest BCUT2D eigenvalue weighted by molar-refractivity contribution is 5.94. The fourth-order valence-electron chi connectivity index (χ4n) is 3.15. The summed E-state index contributed by atoms with van der Waals surface area (Å²) in [5, 5.41) is 2.82. The maximum absolute atomic E-state index is 12.6. The number of nitrogens with one attached hydrogen (secondary N) is 2. The molecule has 0 spiro atoms. The second-order valence-electron chi connectivity index (χ2n) is 8.40. The number of carbonyl (C=O) groups is 1. The minimum atomic E-state index is -0.344. The highest BCUT2D eigenvalue weighted by atomic mass is 16.3. The van der Waals surface area contributed by atoms with Gasteiger partial charge < -0.3 is 14.7 Å². The molecular weight excluding hydrogens is 394 g/mol. The largest absolute Gasteiger partial charge is 0.440 e. The molecule has 0 saturated heterocycles. The molecule has 3 aromatic heterocycles. The van der Waals surface area contributed by atoms with Gasteiger partial charge in [-0.1, -0.05) is 20.8 Å². The molecule has 3 heterocycles. The van der Waals surface area contributed by atoms with Crippen LogP contribution in [0.15, 0.2) is 51.9 Å². The van der Waals surface area contributed by atoms with Crippen molar-refractivity contribution in [2.75, 3.05) is 5.32 Å². The molecule has 0 bridgehead atoms. The van der Waals surface area contributed by atoms with Gasteiger partial charge in [0.25, 0.3) is 5.56 Å². The van der Waals surface area contributed by atoms with Crippen molar-refractivity contribution in [3.8, 4) is 11.4 Å². The lowest BCUT2D eigenvalue weighted by molar-refractivity contribution is -0.115. The highest BCUT2D eigenvalue weighted by Gasteiger charge is 2.21. The maximum Gasteiger partial charge on any atom is 0.255 e. The van der Waals surface area contributed by atoms with E-state index in [1.807, 2.05) is 26.8 Å². The van der Waals surface area contributed by atoms with Gasteiger partial charge in [-0.05, 0) is 37.3 Å². The Kier molecular flexibility index (Phi) is 5.14. The second kappa shape index (κ2) is 7.79. The summed E-state index contributed by atoms with van der Waals surface area (Å²) in [6.45, 7) is 7.78. The molecule has 0 radical (unpaired) electrons. The Morgan fingerprint density at radius 2 is 2.00 bits per heavy atom. The zero-order valence-electron chi connectivity index (χ0n) is 17.8. The molecule has 31 heavy (non-hydrogen) atoms. The quantitative estimate of drug-likeness (QED) is 0.523. The number of aromatic amines is 1. The lowest BCUT2D eigenvalue weighted by Crippen LogP contribution is -2.23. The third-order valence-electron chi connectivity index (χ3n) is 4.81. The minimum Gasteiger partial charge on any atom is -0.440 e. The van der Waals surface area contributed by atoms with Crippen LogP contribution >= 0.6 is 0 Å². The van der Waals surface area contributed by atoms with Gasteiger partial charge in [0.05, 0.1) is 6.42 Å². The Labute approximate surface area is 178 Å². The van der Waals surface area contributed by atoms with E-state index < -0.39 is 0 Å². The van der Waals surface area contributed by atoms with Crippen LogP contribution in [-0.4, -0.2) is 25.8 Å². The number of carbonyl (C=O) groups excluding carboxylic acids is 1. The fraction of sp³-hybridized carbons (Fsp3) is 0.261. The Balaban J connectivity index is 1.53. The van der Waals surface area contributed by atoms with Crippen molar-refractivity contribution in [2.45, 2.75) is 39.5 Å². The molecule has 0 fully saturated rings. The van der Waals surface area contributed by atoms with Gasteiger partial charge in [0, 0.05) is 40.3 Å². The average Bonchev–Trinajstić information content (AvgIpc) is 3.15. The first-order valence-electron chi connectivity index (χ1n) is 9.92. The molecule has 0 atom stereocenters. The Hall–Kier alpha value is -3.81. The van der Waals surface area contributed by atoms with E-state index in [-0.39, 0.29) is 23.3 Å². The summed E-state index contributed by atoms with van der Waals surface area (Å²) in [6, 6.07) is 8.85. The van der Waals surface area contributed by atoms with Crippen LogP contribution in [0.3, 0.4) is 0 Å². The van der Waals surface area contributed by atoms with E-state index in [1.165, 1.54) is 0 Å². The van der Waals surface area contributed by atoms with Crippen LogP contribution in [0.1, 0.15) is 37.9 Å². The molecular formula is C23H23N5O3. The van der Waals surface area contributed by atoms with Crippen LogP contribution in [0.5, 0.6) is 0 Å². The Morgan fingerprint density at radius 1 is 1.19 bits per heavy atom. The van der Waals surface area contributed by atoms with Gasteiger partial charge in [-0.25, -0.2) is 9.97 Å². The maximum atomic E-state index is 12.6. The molecule has 158 valence electrons. The number of aryl methyl sites for hydroxylation is 1. The van der Waals surface area contributed by atoms with Crippen molar-refractivity contribution in [2.24, 2.45) is 0 Å². The van der Waals surface area contributed by atoms with Crippen LogP contribution in [0.2, 0.25) is 0 Å². The molecule has 8 heteroatoms. The van der Waals surface area contributed by atoms with Crippen molar-refractivity contribution in [3.63, 3.8) is 0 Å². The zero-order chi connectivity index (χ0) is 22.2. The first-order valence-corrected chi connectivity index (χ1v) is 9.92. The van der Waals surface area contributed by atoms with Gasteiger partial charge in [-0.3, -0.25) is 14.6 Å². The number of aromatic nitrogens is 4. The molecule has 0 saturated carbocycles. The number of rotatable bonds is 4. The number of pyridine rings is 1. The summed E-state index contributed by atoms with van der Waals surface area (Å²) in [5.41, 5.74) is 2.88. The van der Waals surface area contributed by atoms with Gasteiger partial charge in [-0.15, -0.1) is 0 Å². The Morgan fingerprint density at radius 3 is 2.68 bits per heavy atom. The van der Waals surface area contributed by atoms with Gasteiger partial charge in [0.2, 0.25) is 11.8 Å². The van der Waals surface area contributed by atoms with Gasteiger partial charge in [0.1, 0.15) is 11.3 Å². The standard InChI is InChI=1S/C23H23N5O3/c1-13-16(21(30)28-20(25-13)14-6-5-9-24-12-14)11-19(29)26-15-7-8-18-17(10-15)27-22(31-18)23(2,3)4/h5-10,12H,11H2,1-4H3,(H,26,29)(H,25,28,30). The summed E-state index contributed by atoms with van der Waals surface area (Å²) in [5.74, 6) is 0.738. The van der Waals surface area contributed by atoms with E-state index in [0.717, 1.165) is 0 Å². The molecule has 0 aliphatic rings. The highest BCUT2D eigenvalue weighted by Crippen LogP contribution is 2.27. The first kappa shape index (κ1) is 20.5. The average molecular weight is 417 g/mol. The molecule has 0 unspecified atom stereocenters. The predicted molar refractivity (Wildman–Crippen MR) is 118 cm³/mol. The number of anilines is 1. The number of amides is 1. The van der Waals surface area contributed by atoms with E-state index in [0.29, 0.717) is 45.3 Å². The smallest absolute Gasteiger partial charge is 0.255 e. The first-order chi connectivity index (χ1) is 14.7. The van der Waals surface area contributed by atoms with Crippen LogP contribution in [0, 0.1) is 6.92 Å². The minimum absolute atomic E-state index is 0.0917. The summed E-state index contributed by atoms with van der Waals surface area (Å²) < 4.78 is 5.79.